The monoisotopic (exact) mass is 1440 g/mol. The molecule has 0 radical (unpaired) electrons. The molecule has 8 heterocycles. The molecule has 8 aromatic rings. The Kier molecular flexibility index (Phi) is 29.4. The van der Waals surface area contributed by atoms with Gasteiger partial charge in [0.25, 0.3) is 0 Å². The fourth-order valence-electron chi connectivity index (χ4n) is 13.4. The number of benzene rings is 4. The number of pyridine rings is 2. The molecule has 562 valence electrons. The molecule has 25 nitrogen and oxygen atoms in total. The molecule has 2 atom stereocenters. The van der Waals surface area contributed by atoms with Crippen molar-refractivity contribution in [3.05, 3.63) is 154 Å². The van der Waals surface area contributed by atoms with E-state index in [2.05, 4.69) is 101 Å². The number of hydrogen-bond donors (Lipinski definition) is 9. The van der Waals surface area contributed by atoms with Gasteiger partial charge in [0, 0.05) is 144 Å². The van der Waals surface area contributed by atoms with Crippen LogP contribution in [0.1, 0.15) is 157 Å². The van der Waals surface area contributed by atoms with Crippen LogP contribution in [0.5, 0.6) is 0 Å². The molecule has 0 unspecified atom stereocenters. The highest BCUT2D eigenvalue weighted by Crippen LogP contribution is 2.34. The lowest BCUT2D eigenvalue weighted by Crippen LogP contribution is -2.40. The Labute approximate surface area is 617 Å². The molecule has 4 fully saturated rings. The van der Waals surface area contributed by atoms with Crippen LogP contribution in [0.15, 0.2) is 109 Å². The number of ether oxygens (including phenoxy) is 3. The first-order valence-corrected chi connectivity index (χ1v) is 36.9. The smallest absolute Gasteiger partial charge is 0.407 e. The summed E-state index contributed by atoms with van der Waals surface area (Å²) in [5.74, 6) is -1.38. The predicted octanol–water partition coefficient (Wildman–Crippen LogP) is 10.0. The number of aldehydes is 1. The predicted molar refractivity (Wildman–Crippen MR) is 411 cm³/mol. The van der Waals surface area contributed by atoms with E-state index >= 15 is 0 Å². The summed E-state index contributed by atoms with van der Waals surface area (Å²) in [6.45, 7) is 23.9. The fraction of sp³-hybridized carbons (Fsp3) is 0.475. The Balaban J connectivity index is 0.000000207. The van der Waals surface area contributed by atoms with E-state index in [1.165, 1.54) is 5.56 Å². The van der Waals surface area contributed by atoms with Crippen molar-refractivity contribution in [3.63, 3.8) is 0 Å². The molecule has 0 saturated carbocycles. The summed E-state index contributed by atoms with van der Waals surface area (Å²) in [6, 6.07) is 32.9. The third-order valence-corrected chi connectivity index (χ3v) is 18.9. The summed E-state index contributed by atoms with van der Waals surface area (Å²) in [5, 5.41) is 36.1. The van der Waals surface area contributed by atoms with Crippen LogP contribution < -0.4 is 48.3 Å². The molecule has 0 aliphatic carbocycles. The molecule has 4 aromatic heterocycles. The number of likely N-dealkylation sites (tertiary alicyclic amines) is 1. The zero-order valence-electron chi connectivity index (χ0n) is 61.3. The Morgan fingerprint density at radius 2 is 1.04 bits per heavy atom. The van der Waals surface area contributed by atoms with E-state index in [9.17, 15) is 28.8 Å². The number of nitrogens with two attached hydrogens (primary N) is 1. The van der Waals surface area contributed by atoms with E-state index in [1.807, 2.05) is 118 Å². The zero-order valence-corrected chi connectivity index (χ0v) is 61.3. The quantitative estimate of drug-likeness (QED) is 0.0180. The van der Waals surface area contributed by atoms with Crippen LogP contribution >= 0.6 is 0 Å². The van der Waals surface area contributed by atoms with E-state index in [4.69, 9.17) is 29.9 Å². The van der Waals surface area contributed by atoms with Crippen molar-refractivity contribution in [2.75, 3.05) is 63.2 Å². The van der Waals surface area contributed by atoms with Crippen molar-refractivity contribution in [2.24, 2.45) is 5.73 Å². The van der Waals surface area contributed by atoms with Crippen molar-refractivity contribution >= 4 is 69.4 Å². The Morgan fingerprint density at radius 1 is 0.590 bits per heavy atom. The second-order valence-corrected chi connectivity index (χ2v) is 27.9. The second kappa shape index (κ2) is 38.9. The summed E-state index contributed by atoms with van der Waals surface area (Å²) in [7, 11) is 0. The van der Waals surface area contributed by atoms with Crippen LogP contribution in [-0.4, -0.2) is 153 Å². The summed E-state index contributed by atoms with van der Waals surface area (Å²) in [5.41, 5.74) is 20.7. The Hall–Kier alpha value is -9.66. The van der Waals surface area contributed by atoms with Crippen molar-refractivity contribution in [3.8, 4) is 22.3 Å². The van der Waals surface area contributed by atoms with Crippen LogP contribution in [0, 0.1) is 0 Å². The van der Waals surface area contributed by atoms with Gasteiger partial charge < -0.3 is 62.5 Å². The number of rotatable bonds is 26. The first-order valence-electron chi connectivity index (χ1n) is 36.9. The van der Waals surface area contributed by atoms with Gasteiger partial charge in [-0.2, -0.15) is 10.2 Å². The molecule has 12 rings (SSSR count). The number of carbonyl (C=O) groups excluding carboxylic acids is 6. The van der Waals surface area contributed by atoms with E-state index in [1.54, 1.807) is 6.07 Å². The number of alkyl carbamates (subject to hydrolysis) is 1. The zero-order chi connectivity index (χ0) is 73.5. The van der Waals surface area contributed by atoms with E-state index < -0.39 is 5.60 Å². The lowest BCUT2D eigenvalue weighted by Gasteiger charge is -2.26. The number of hydrogen-bond acceptors (Lipinski definition) is 18. The van der Waals surface area contributed by atoms with Crippen LogP contribution in [0.4, 0.5) is 16.2 Å². The minimum absolute atomic E-state index is 0. The van der Waals surface area contributed by atoms with E-state index in [-0.39, 0.29) is 93.8 Å². The summed E-state index contributed by atoms with van der Waals surface area (Å²) in [4.78, 5) is 86.1. The van der Waals surface area contributed by atoms with E-state index in [0.29, 0.717) is 64.5 Å². The first-order chi connectivity index (χ1) is 50.3. The average Bonchev–Trinajstić information content (AvgIpc) is 1.69. The summed E-state index contributed by atoms with van der Waals surface area (Å²) >= 11 is 0. The highest BCUT2D eigenvalue weighted by atomic mass is 16.6. The lowest BCUT2D eigenvalue weighted by atomic mass is 10.0. The molecule has 105 heavy (non-hydrogen) atoms. The molecule has 4 aromatic carbocycles. The van der Waals surface area contributed by atoms with E-state index in [0.717, 1.165) is 167 Å². The van der Waals surface area contributed by atoms with Gasteiger partial charge in [-0.05, 0) is 156 Å². The molecule has 10 N–H and O–H groups in total. The number of anilines is 2. The molecular formula is C80H108N16O9. The lowest BCUT2D eigenvalue weighted by molar-refractivity contribution is -0.131. The number of fused-ring (bicyclic) bond motifs is 2. The van der Waals surface area contributed by atoms with Gasteiger partial charge in [0.15, 0.2) is 11.3 Å². The minimum atomic E-state index is -0.407. The van der Waals surface area contributed by atoms with Gasteiger partial charge in [0.2, 0.25) is 23.6 Å². The average molecular weight is 1440 g/mol. The maximum absolute atomic E-state index is 13.0. The van der Waals surface area contributed by atoms with Crippen LogP contribution in [-0.2, 0) is 92.0 Å². The first kappa shape index (κ1) is 79.5. The van der Waals surface area contributed by atoms with Gasteiger partial charge in [0.05, 0.1) is 34.5 Å². The van der Waals surface area contributed by atoms with Gasteiger partial charge in [0.1, 0.15) is 24.7 Å². The maximum Gasteiger partial charge on any atom is 0.407 e. The van der Waals surface area contributed by atoms with Gasteiger partial charge in [-0.15, -0.1) is 0 Å². The number of amides is 5. The highest BCUT2D eigenvalue weighted by Gasteiger charge is 2.27. The van der Waals surface area contributed by atoms with Gasteiger partial charge in [-0.3, -0.25) is 28.9 Å². The molecule has 0 spiro atoms. The van der Waals surface area contributed by atoms with Crippen LogP contribution in [0.3, 0.4) is 0 Å². The van der Waals surface area contributed by atoms with Crippen LogP contribution in [0.25, 0.3) is 44.3 Å². The molecular weight excluding hydrogens is 1330 g/mol. The fourth-order valence-corrected chi connectivity index (χ4v) is 13.4. The molecule has 4 aliphatic rings. The number of nitrogens with zero attached hydrogens (tertiary/aromatic N) is 7. The van der Waals surface area contributed by atoms with Gasteiger partial charge in [-0.1, -0.05) is 94.1 Å². The summed E-state index contributed by atoms with van der Waals surface area (Å²) < 4.78 is 20.0. The molecule has 4 saturated heterocycles. The maximum atomic E-state index is 13.0. The molecule has 25 heteroatoms. The Morgan fingerprint density at radius 3 is 1.46 bits per heavy atom. The SMILES string of the molecule is C.CC(C)(C)OC(=O)N[C@H]1CCNC1.CCc1nc2c(cnn2CC)c(NC2CCOCC2)c1CNC(=O)CC(=O)NCc1cccc(-c2cccc(C=O)c2)c1.CCc1nc2c(cnn2CC)c(NC2CCOCC2)c1CNC(=O)CC(=O)NCc1cccc(-c2cccc(CN3CC[C@H](N)C3)c2)c1. The third kappa shape index (κ3) is 22.9. The molecule has 0 bridgehead atoms. The Bertz CT molecular complexity index is 4230. The topological polar surface area (TPSA) is 317 Å². The highest BCUT2D eigenvalue weighted by molar-refractivity contribution is 5.98. The second-order valence-electron chi connectivity index (χ2n) is 27.9. The molecule has 4 aliphatic heterocycles. The third-order valence-electron chi connectivity index (χ3n) is 18.9. The van der Waals surface area contributed by atoms with Crippen molar-refractivity contribution < 1.29 is 43.0 Å². The number of aryl methyl sites for hydroxylation is 4. The normalized spacial score (nSPS) is 16.2. The van der Waals surface area contributed by atoms with Crippen LogP contribution in [0.2, 0.25) is 0 Å². The number of aromatic nitrogens is 6. The van der Waals surface area contributed by atoms with Crippen molar-refractivity contribution in [2.45, 2.75) is 196 Å². The number of carbonyl (C=O) groups is 6. The van der Waals surface area contributed by atoms with Gasteiger partial charge in [-0.25, -0.2) is 24.1 Å². The van der Waals surface area contributed by atoms with Crippen molar-refractivity contribution in [1.82, 2.24) is 66.3 Å². The van der Waals surface area contributed by atoms with Gasteiger partial charge >= 0.3 is 6.09 Å². The summed E-state index contributed by atoms with van der Waals surface area (Å²) in [6.07, 6.45) is 10.7. The largest absolute Gasteiger partial charge is 0.444 e. The minimum Gasteiger partial charge on any atom is -0.444 e. The standard InChI is InChI=1S/C37H48N8O3.C33H38N6O4.C9H18N2O2.CH4/c1-3-33-31(36(42-30-12-15-48-16-13-30)32-22-41-45(4-2)37(32)43-33)21-40-35(47)19-34(46)39-20-25-7-5-9-27(17-25)28-10-6-8-26(18-28)23-44-14-11-29(38)24-44;1-3-29-27(32(37-26-11-13-43-14-12-26)28-20-36-39(4-2)33(28)38-29)19-35-31(42)17-30(41)34-18-22-7-5-9-24(15-22)25-10-6-8-23(16-25)21-40;1-9(2,3)13-8(12)11-7-4-5-10-6-7;/h5-10,17-18,22,29-30H,3-4,11-16,19-21,23-24,38H2,1-2H3,(H,39,46)(H,40,47)(H,42,43);5-10,15-16,20-21,26H,3-4,11-14,17-19H2,1-2H3,(H,34,41)(H,35,42)(H,37,38);7,10H,4-6H2,1-3H3,(H,11,12);1H4/t29-;;7-;/m0.0./s1. The van der Waals surface area contributed by atoms with Crippen molar-refractivity contribution in [1.29, 1.82) is 0 Å². The molecule has 5 amide bonds. The number of nitrogens with one attached hydrogen (secondary N) is 8.